The van der Waals surface area contributed by atoms with Crippen LogP contribution < -0.4 is 10.2 Å². The first-order valence-corrected chi connectivity index (χ1v) is 9.88. The van der Waals surface area contributed by atoms with Crippen LogP contribution >= 0.6 is 22.9 Å². The third-order valence-electron chi connectivity index (χ3n) is 4.38. The van der Waals surface area contributed by atoms with Crippen LogP contribution in [0.15, 0.2) is 71.7 Å². The second-order valence-corrected chi connectivity index (χ2v) is 7.74. The Morgan fingerprint density at radius 2 is 1.70 bits per heavy atom. The molecule has 0 atom stereocenters. The number of halogens is 4. The van der Waals surface area contributed by atoms with E-state index < -0.39 is 23.6 Å². The fourth-order valence-corrected chi connectivity index (χ4v) is 4.02. The fourth-order valence-electron chi connectivity index (χ4n) is 3.06. The Morgan fingerprint density at radius 3 is 2.37 bits per heavy atom. The van der Waals surface area contributed by atoms with Crippen molar-refractivity contribution in [1.29, 1.82) is 0 Å². The number of nitrogens with one attached hydrogen (secondary N) is 1. The standard InChI is InChI=1S/C21H12ClF3N2O2S/c22-13-5-2-7-15(11-13)27-19(28)17(16-8-3-9-30-16)18(20(27)29)26-14-6-1-4-12(10-14)21(23,24)25/h1-11,26H. The van der Waals surface area contributed by atoms with Gasteiger partial charge in [-0.3, -0.25) is 9.59 Å². The molecule has 2 amide bonds. The summed E-state index contributed by atoms with van der Waals surface area (Å²) < 4.78 is 39.2. The summed E-state index contributed by atoms with van der Waals surface area (Å²) in [6.07, 6.45) is -4.54. The largest absolute Gasteiger partial charge is 0.416 e. The van der Waals surface area contributed by atoms with E-state index in [1.165, 1.54) is 29.5 Å². The third-order valence-corrected chi connectivity index (χ3v) is 5.50. The summed E-state index contributed by atoms with van der Waals surface area (Å²) in [5.74, 6) is -1.26. The summed E-state index contributed by atoms with van der Waals surface area (Å²) in [4.78, 5) is 27.8. The summed E-state index contributed by atoms with van der Waals surface area (Å²) in [7, 11) is 0. The topological polar surface area (TPSA) is 49.4 Å². The molecule has 30 heavy (non-hydrogen) atoms. The lowest BCUT2D eigenvalue weighted by molar-refractivity contribution is -0.137. The molecule has 4 rings (SSSR count). The molecule has 152 valence electrons. The van der Waals surface area contributed by atoms with Crippen molar-refractivity contribution >= 4 is 51.7 Å². The molecule has 0 unspecified atom stereocenters. The number of nitrogens with zero attached hydrogens (tertiary/aromatic N) is 1. The molecular formula is C21H12ClF3N2O2S. The predicted octanol–water partition coefficient (Wildman–Crippen LogP) is 5.82. The Labute approximate surface area is 178 Å². The highest BCUT2D eigenvalue weighted by atomic mass is 35.5. The van der Waals surface area contributed by atoms with Crippen LogP contribution in [0.2, 0.25) is 5.02 Å². The Bertz CT molecular complexity index is 1170. The number of thiophene rings is 1. The zero-order valence-electron chi connectivity index (χ0n) is 15.0. The Kier molecular flexibility index (Phi) is 5.13. The molecule has 0 spiro atoms. The summed E-state index contributed by atoms with van der Waals surface area (Å²) in [5, 5.41) is 4.81. The van der Waals surface area contributed by atoms with Crippen LogP contribution in [0.5, 0.6) is 0 Å². The molecule has 2 heterocycles. The first kappa shape index (κ1) is 20.2. The molecule has 1 aliphatic heterocycles. The quantitative estimate of drug-likeness (QED) is 0.512. The van der Waals surface area contributed by atoms with Gasteiger partial charge in [-0.2, -0.15) is 13.2 Å². The average Bonchev–Trinajstić information content (AvgIpc) is 3.28. The second-order valence-electron chi connectivity index (χ2n) is 6.36. The van der Waals surface area contributed by atoms with E-state index in [1.807, 2.05) is 0 Å². The van der Waals surface area contributed by atoms with Crippen LogP contribution in [0.25, 0.3) is 5.57 Å². The summed E-state index contributed by atoms with van der Waals surface area (Å²) in [6.45, 7) is 0. The van der Waals surface area contributed by atoms with Gasteiger partial charge in [-0.25, -0.2) is 4.90 Å². The number of hydrogen-bond donors (Lipinski definition) is 1. The van der Waals surface area contributed by atoms with E-state index in [9.17, 15) is 22.8 Å². The Hall–Kier alpha value is -3.10. The van der Waals surface area contributed by atoms with E-state index >= 15 is 0 Å². The van der Waals surface area contributed by atoms with Gasteiger partial charge in [0.2, 0.25) is 0 Å². The van der Waals surface area contributed by atoms with Crippen molar-refractivity contribution in [2.45, 2.75) is 6.18 Å². The number of alkyl halides is 3. The molecule has 3 aromatic rings. The maximum Gasteiger partial charge on any atom is 0.416 e. The first-order chi connectivity index (χ1) is 14.3. The number of hydrogen-bond acceptors (Lipinski definition) is 4. The minimum atomic E-state index is -4.54. The van der Waals surface area contributed by atoms with Gasteiger partial charge in [0.1, 0.15) is 5.70 Å². The van der Waals surface area contributed by atoms with Gasteiger partial charge >= 0.3 is 6.18 Å². The van der Waals surface area contributed by atoms with Crippen LogP contribution in [0.4, 0.5) is 24.5 Å². The van der Waals surface area contributed by atoms with Crippen LogP contribution in [0.1, 0.15) is 10.4 Å². The van der Waals surface area contributed by atoms with Gasteiger partial charge in [0.25, 0.3) is 11.8 Å². The van der Waals surface area contributed by atoms with Gasteiger partial charge < -0.3 is 5.32 Å². The normalized spacial score (nSPS) is 14.6. The number of rotatable bonds is 4. The maximum absolute atomic E-state index is 13.1. The number of anilines is 2. The highest BCUT2D eigenvalue weighted by molar-refractivity contribution is 7.11. The van der Waals surface area contributed by atoms with Gasteiger partial charge in [0.15, 0.2) is 0 Å². The first-order valence-electron chi connectivity index (χ1n) is 8.62. The number of imide groups is 1. The number of carbonyl (C=O) groups is 2. The molecule has 4 nitrogen and oxygen atoms in total. The van der Waals surface area contributed by atoms with E-state index in [0.717, 1.165) is 17.0 Å². The van der Waals surface area contributed by atoms with E-state index in [0.29, 0.717) is 9.90 Å². The van der Waals surface area contributed by atoms with E-state index in [4.69, 9.17) is 11.6 Å². The van der Waals surface area contributed by atoms with Crippen molar-refractivity contribution < 1.29 is 22.8 Å². The van der Waals surface area contributed by atoms with Crippen molar-refractivity contribution in [3.8, 4) is 0 Å². The number of amides is 2. The molecule has 1 aromatic heterocycles. The van der Waals surface area contributed by atoms with Gasteiger partial charge in [-0.1, -0.05) is 29.8 Å². The monoisotopic (exact) mass is 448 g/mol. The number of benzene rings is 2. The molecule has 1 N–H and O–H groups in total. The Morgan fingerprint density at radius 1 is 0.933 bits per heavy atom. The van der Waals surface area contributed by atoms with Crippen molar-refractivity contribution in [1.82, 2.24) is 0 Å². The van der Waals surface area contributed by atoms with Crippen LogP contribution in [0.3, 0.4) is 0 Å². The molecule has 0 saturated heterocycles. The number of carbonyl (C=O) groups excluding carboxylic acids is 2. The van der Waals surface area contributed by atoms with Crippen molar-refractivity contribution in [3.05, 3.63) is 87.2 Å². The van der Waals surface area contributed by atoms with Crippen LogP contribution in [-0.2, 0) is 15.8 Å². The summed E-state index contributed by atoms with van der Waals surface area (Å²) in [6, 6.07) is 14.1. The minimum absolute atomic E-state index is 0.0444. The highest BCUT2D eigenvalue weighted by Gasteiger charge is 2.41. The average molecular weight is 449 g/mol. The third kappa shape index (κ3) is 3.71. The lowest BCUT2D eigenvalue weighted by Gasteiger charge is -2.16. The molecule has 0 bridgehead atoms. The lowest BCUT2D eigenvalue weighted by Crippen LogP contribution is -2.32. The predicted molar refractivity (Wildman–Crippen MR) is 110 cm³/mol. The fraction of sp³-hybridized carbons (Fsp3) is 0.0476. The van der Waals surface area contributed by atoms with Gasteiger partial charge in [0, 0.05) is 15.6 Å². The zero-order valence-corrected chi connectivity index (χ0v) is 16.6. The zero-order chi connectivity index (χ0) is 21.5. The molecular weight excluding hydrogens is 437 g/mol. The highest BCUT2D eigenvalue weighted by Crippen LogP contribution is 2.37. The van der Waals surface area contributed by atoms with Crippen LogP contribution in [-0.4, -0.2) is 11.8 Å². The van der Waals surface area contributed by atoms with E-state index in [2.05, 4.69) is 5.32 Å². The molecule has 9 heteroatoms. The summed E-state index contributed by atoms with van der Waals surface area (Å²) in [5.41, 5.74) is -0.557. The second kappa shape index (κ2) is 7.62. The smallest absolute Gasteiger partial charge is 0.350 e. The Balaban J connectivity index is 1.79. The molecule has 2 aromatic carbocycles. The van der Waals surface area contributed by atoms with E-state index in [1.54, 1.807) is 35.7 Å². The van der Waals surface area contributed by atoms with E-state index in [-0.39, 0.29) is 22.6 Å². The van der Waals surface area contributed by atoms with Crippen molar-refractivity contribution in [3.63, 3.8) is 0 Å². The van der Waals surface area contributed by atoms with Gasteiger partial charge in [-0.15, -0.1) is 11.3 Å². The molecule has 0 aliphatic carbocycles. The summed E-state index contributed by atoms with van der Waals surface area (Å²) >= 11 is 7.24. The van der Waals surface area contributed by atoms with Crippen molar-refractivity contribution in [2.75, 3.05) is 10.2 Å². The van der Waals surface area contributed by atoms with Gasteiger partial charge in [-0.05, 0) is 47.8 Å². The maximum atomic E-state index is 13.1. The molecule has 0 radical (unpaired) electrons. The molecule has 0 fully saturated rings. The SMILES string of the molecule is O=C1C(Nc2cccc(C(F)(F)F)c2)=C(c2cccs2)C(=O)N1c1cccc(Cl)c1. The van der Waals surface area contributed by atoms with Crippen molar-refractivity contribution in [2.24, 2.45) is 0 Å². The minimum Gasteiger partial charge on any atom is -0.350 e. The molecule has 0 saturated carbocycles. The molecule has 1 aliphatic rings. The lowest BCUT2D eigenvalue weighted by atomic mass is 10.1. The van der Waals surface area contributed by atoms with Gasteiger partial charge in [0.05, 0.1) is 16.8 Å². The van der Waals surface area contributed by atoms with Crippen LogP contribution in [0, 0.1) is 0 Å².